The lowest BCUT2D eigenvalue weighted by molar-refractivity contribution is -0.139. The summed E-state index contributed by atoms with van der Waals surface area (Å²) in [7, 11) is 0. The monoisotopic (exact) mass is 362 g/mol. The van der Waals surface area contributed by atoms with Crippen LogP contribution in [-0.4, -0.2) is 53.2 Å². The van der Waals surface area contributed by atoms with Crippen LogP contribution in [0.3, 0.4) is 0 Å². The average molecular weight is 362 g/mol. The van der Waals surface area contributed by atoms with Crippen molar-refractivity contribution in [2.45, 2.75) is 64.8 Å². The fraction of sp³-hybridized carbons (Fsp3) is 0.600. The average Bonchev–Trinajstić information content (AvgIpc) is 2.58. The van der Waals surface area contributed by atoms with E-state index in [1.165, 1.54) is 0 Å². The predicted octanol–water partition coefficient (Wildman–Crippen LogP) is 2.67. The van der Waals surface area contributed by atoms with Gasteiger partial charge in [0.15, 0.2) is 0 Å². The lowest BCUT2D eigenvalue weighted by Crippen LogP contribution is -2.44. The summed E-state index contributed by atoms with van der Waals surface area (Å²) in [4.78, 5) is 25.9. The Morgan fingerprint density at radius 2 is 1.85 bits per heavy atom. The second-order valence-corrected chi connectivity index (χ2v) is 7.15. The topological polar surface area (TPSA) is 78.9 Å². The molecule has 6 nitrogen and oxygen atoms in total. The molecule has 1 heterocycles. The fourth-order valence-corrected chi connectivity index (χ4v) is 3.34. The molecule has 144 valence electrons. The van der Waals surface area contributed by atoms with Crippen LogP contribution in [0.1, 0.15) is 56.0 Å². The number of ether oxygens (including phenoxy) is 1. The summed E-state index contributed by atoms with van der Waals surface area (Å²) in [6.07, 6.45) is 2.56. The molecule has 3 atom stereocenters. The van der Waals surface area contributed by atoms with Gasteiger partial charge in [-0.15, -0.1) is 0 Å². The van der Waals surface area contributed by atoms with Gasteiger partial charge >= 0.3 is 5.97 Å². The van der Waals surface area contributed by atoms with E-state index >= 15 is 0 Å². The highest BCUT2D eigenvalue weighted by Crippen LogP contribution is 2.15. The normalized spacial score (nSPS) is 22.0. The Balaban J connectivity index is 1.93. The van der Waals surface area contributed by atoms with Gasteiger partial charge < -0.3 is 15.2 Å². The number of hydrogen-bond acceptors (Lipinski definition) is 4. The molecule has 1 aromatic carbocycles. The zero-order valence-corrected chi connectivity index (χ0v) is 15.9. The molecule has 0 aromatic heterocycles. The van der Waals surface area contributed by atoms with Crippen molar-refractivity contribution in [2.24, 2.45) is 0 Å². The molecule has 26 heavy (non-hydrogen) atoms. The highest BCUT2D eigenvalue weighted by atomic mass is 16.5. The highest BCUT2D eigenvalue weighted by Gasteiger charge is 2.22. The molecule has 0 bridgehead atoms. The van der Waals surface area contributed by atoms with Crippen molar-refractivity contribution >= 4 is 11.9 Å². The molecule has 1 aliphatic rings. The van der Waals surface area contributed by atoms with Crippen LogP contribution in [0.4, 0.5) is 0 Å². The molecule has 1 amide bonds. The van der Waals surface area contributed by atoms with Crippen molar-refractivity contribution in [3.05, 3.63) is 35.4 Å². The number of unbranched alkanes of at least 4 members (excludes halogenated alkanes) is 1. The highest BCUT2D eigenvalue weighted by molar-refractivity contribution is 5.96. The molecular formula is C20H30N2O4. The number of morpholine rings is 1. The third kappa shape index (κ3) is 6.11. The molecule has 1 aromatic rings. The first-order valence-corrected chi connectivity index (χ1v) is 9.39. The Morgan fingerprint density at radius 3 is 2.38 bits per heavy atom. The maximum absolute atomic E-state index is 12.3. The molecule has 6 heteroatoms. The lowest BCUT2D eigenvalue weighted by atomic mass is 10.1. The number of hydrogen-bond donors (Lipinski definition) is 2. The van der Waals surface area contributed by atoms with Crippen LogP contribution in [0.5, 0.6) is 0 Å². The number of nitrogens with zero attached hydrogens (tertiary/aromatic N) is 1. The van der Waals surface area contributed by atoms with E-state index in [-0.39, 0.29) is 18.1 Å². The zero-order chi connectivity index (χ0) is 19.1. The summed E-state index contributed by atoms with van der Waals surface area (Å²) in [6, 6.07) is 6.55. The van der Waals surface area contributed by atoms with E-state index < -0.39 is 12.0 Å². The van der Waals surface area contributed by atoms with Gasteiger partial charge in [0.05, 0.1) is 12.2 Å². The number of benzene rings is 1. The van der Waals surface area contributed by atoms with Gasteiger partial charge in [0.2, 0.25) is 0 Å². The molecule has 1 fully saturated rings. The summed E-state index contributed by atoms with van der Waals surface area (Å²) >= 11 is 0. The van der Waals surface area contributed by atoms with Gasteiger partial charge in [-0.3, -0.25) is 9.69 Å². The van der Waals surface area contributed by atoms with E-state index in [9.17, 15) is 14.7 Å². The first kappa shape index (κ1) is 20.4. The summed E-state index contributed by atoms with van der Waals surface area (Å²) in [5.74, 6) is -1.33. The van der Waals surface area contributed by atoms with E-state index in [0.717, 1.165) is 38.0 Å². The van der Waals surface area contributed by atoms with Gasteiger partial charge in [-0.25, -0.2) is 4.79 Å². The van der Waals surface area contributed by atoms with Crippen LogP contribution in [0.25, 0.3) is 0 Å². The SMILES string of the molecule is CCCC[C@H](NC(=O)c1ccc(CN2CC(C)OC(C)C2)cc1)C(=O)O. The van der Waals surface area contributed by atoms with E-state index in [1.54, 1.807) is 12.1 Å². The molecule has 2 N–H and O–H groups in total. The molecule has 2 unspecified atom stereocenters. The number of carbonyl (C=O) groups is 2. The van der Waals surface area contributed by atoms with Crippen LogP contribution in [0.15, 0.2) is 24.3 Å². The molecule has 0 spiro atoms. The first-order valence-electron chi connectivity index (χ1n) is 9.39. The minimum Gasteiger partial charge on any atom is -0.480 e. The van der Waals surface area contributed by atoms with Crippen molar-refractivity contribution in [1.82, 2.24) is 10.2 Å². The van der Waals surface area contributed by atoms with Gasteiger partial charge in [0.1, 0.15) is 6.04 Å². The minimum absolute atomic E-state index is 0.222. The maximum Gasteiger partial charge on any atom is 0.326 e. The largest absolute Gasteiger partial charge is 0.480 e. The Hall–Kier alpha value is -1.92. The van der Waals surface area contributed by atoms with Crippen LogP contribution < -0.4 is 5.32 Å². The summed E-state index contributed by atoms with van der Waals surface area (Å²) in [5.41, 5.74) is 1.61. The number of carboxylic acids is 1. The number of amides is 1. The van der Waals surface area contributed by atoms with Crippen LogP contribution in [-0.2, 0) is 16.1 Å². The lowest BCUT2D eigenvalue weighted by Gasteiger charge is -2.35. The Kier molecular flexibility index (Phi) is 7.60. The fourth-order valence-electron chi connectivity index (χ4n) is 3.34. The number of nitrogens with one attached hydrogen (secondary N) is 1. The zero-order valence-electron chi connectivity index (χ0n) is 15.9. The second-order valence-electron chi connectivity index (χ2n) is 7.15. The maximum atomic E-state index is 12.3. The van der Waals surface area contributed by atoms with Crippen molar-refractivity contribution in [3.8, 4) is 0 Å². The van der Waals surface area contributed by atoms with Gasteiger partial charge in [-0.1, -0.05) is 31.9 Å². The standard InChI is InChI=1S/C20H30N2O4/c1-4-5-6-18(20(24)25)21-19(23)17-9-7-16(8-10-17)13-22-11-14(2)26-15(3)12-22/h7-10,14-15,18H,4-6,11-13H2,1-3H3,(H,21,23)(H,24,25)/t14?,15?,18-/m0/s1. The number of carbonyl (C=O) groups excluding carboxylic acids is 1. The van der Waals surface area contributed by atoms with E-state index in [2.05, 4.69) is 24.1 Å². The van der Waals surface area contributed by atoms with Crippen LogP contribution >= 0.6 is 0 Å². The Bertz CT molecular complexity index is 592. The molecule has 2 rings (SSSR count). The number of carboxylic acid groups (broad SMARTS) is 1. The van der Waals surface area contributed by atoms with E-state index in [0.29, 0.717) is 12.0 Å². The van der Waals surface area contributed by atoms with Gasteiger partial charge in [-0.05, 0) is 38.0 Å². The summed E-state index contributed by atoms with van der Waals surface area (Å²) < 4.78 is 5.75. The Morgan fingerprint density at radius 1 is 1.23 bits per heavy atom. The van der Waals surface area contributed by atoms with E-state index in [4.69, 9.17) is 4.74 Å². The van der Waals surface area contributed by atoms with Gasteiger partial charge in [0.25, 0.3) is 5.91 Å². The third-order valence-corrected chi connectivity index (χ3v) is 4.57. The molecule has 0 saturated carbocycles. The molecule has 0 aliphatic carbocycles. The van der Waals surface area contributed by atoms with Crippen molar-refractivity contribution in [1.29, 1.82) is 0 Å². The van der Waals surface area contributed by atoms with Crippen molar-refractivity contribution in [2.75, 3.05) is 13.1 Å². The van der Waals surface area contributed by atoms with Gasteiger partial charge in [-0.2, -0.15) is 0 Å². The van der Waals surface area contributed by atoms with E-state index in [1.807, 2.05) is 19.1 Å². The molecule has 0 radical (unpaired) electrons. The molecule has 1 aliphatic heterocycles. The predicted molar refractivity (Wildman–Crippen MR) is 100 cm³/mol. The number of rotatable bonds is 8. The summed E-state index contributed by atoms with van der Waals surface area (Å²) in [5, 5.41) is 11.8. The van der Waals surface area contributed by atoms with Crippen molar-refractivity contribution in [3.63, 3.8) is 0 Å². The van der Waals surface area contributed by atoms with Crippen molar-refractivity contribution < 1.29 is 19.4 Å². The molecular weight excluding hydrogens is 332 g/mol. The molecule has 1 saturated heterocycles. The van der Waals surface area contributed by atoms with Crippen LogP contribution in [0.2, 0.25) is 0 Å². The van der Waals surface area contributed by atoms with Crippen LogP contribution in [0, 0.1) is 0 Å². The van der Waals surface area contributed by atoms with Gasteiger partial charge in [0, 0.05) is 25.2 Å². The Labute approximate surface area is 155 Å². The summed E-state index contributed by atoms with van der Waals surface area (Å²) in [6.45, 7) is 8.75. The number of aliphatic carboxylic acids is 1. The quantitative estimate of drug-likeness (QED) is 0.743. The second kappa shape index (κ2) is 9.69. The third-order valence-electron chi connectivity index (χ3n) is 4.57. The minimum atomic E-state index is -0.987. The first-order chi connectivity index (χ1) is 12.4. The smallest absolute Gasteiger partial charge is 0.326 e.